The molecule has 1 heterocycles. The maximum atomic E-state index is 11.8. The van der Waals surface area contributed by atoms with Gasteiger partial charge in [0.1, 0.15) is 6.10 Å². The third kappa shape index (κ3) is 2.42. The van der Waals surface area contributed by atoms with Crippen LogP contribution in [0.1, 0.15) is 24.0 Å². The fourth-order valence-electron chi connectivity index (χ4n) is 1.83. The van der Waals surface area contributed by atoms with Crippen molar-refractivity contribution in [3.05, 3.63) is 29.3 Å². The molecule has 1 N–H and O–H groups in total. The SMILES string of the molecule is Cc1ccc(NC(=O)C2CCCO2)cc1C. The van der Waals surface area contributed by atoms with Crippen molar-refractivity contribution in [1.82, 2.24) is 0 Å². The number of carbonyl (C=O) groups is 1. The lowest BCUT2D eigenvalue weighted by atomic mass is 10.1. The third-order valence-electron chi connectivity index (χ3n) is 3.00. The fourth-order valence-corrected chi connectivity index (χ4v) is 1.83. The Morgan fingerprint density at radius 3 is 2.81 bits per heavy atom. The van der Waals surface area contributed by atoms with Crippen molar-refractivity contribution in [1.29, 1.82) is 0 Å². The normalized spacial score (nSPS) is 19.8. The second-order valence-electron chi connectivity index (χ2n) is 4.29. The van der Waals surface area contributed by atoms with Gasteiger partial charge in [0, 0.05) is 12.3 Å². The minimum absolute atomic E-state index is 0.0271. The molecule has 16 heavy (non-hydrogen) atoms. The highest BCUT2D eigenvalue weighted by atomic mass is 16.5. The third-order valence-corrected chi connectivity index (χ3v) is 3.00. The molecule has 0 saturated carbocycles. The van der Waals surface area contributed by atoms with Crippen molar-refractivity contribution in [3.8, 4) is 0 Å². The van der Waals surface area contributed by atoms with Gasteiger partial charge >= 0.3 is 0 Å². The molecule has 1 amide bonds. The molecule has 1 aromatic rings. The summed E-state index contributed by atoms with van der Waals surface area (Å²) >= 11 is 0. The number of benzene rings is 1. The van der Waals surface area contributed by atoms with E-state index in [-0.39, 0.29) is 12.0 Å². The van der Waals surface area contributed by atoms with E-state index in [4.69, 9.17) is 4.74 Å². The number of carbonyl (C=O) groups excluding carboxylic acids is 1. The first-order valence-electron chi connectivity index (χ1n) is 5.66. The Bertz CT molecular complexity index is 395. The molecule has 0 aromatic heterocycles. The van der Waals surface area contributed by atoms with E-state index in [9.17, 15) is 4.79 Å². The largest absolute Gasteiger partial charge is 0.368 e. The molecular weight excluding hydrogens is 202 g/mol. The summed E-state index contributed by atoms with van der Waals surface area (Å²) in [5.74, 6) is -0.0271. The van der Waals surface area contributed by atoms with Crippen molar-refractivity contribution in [2.45, 2.75) is 32.8 Å². The van der Waals surface area contributed by atoms with Crippen LogP contribution in [0.15, 0.2) is 18.2 Å². The Morgan fingerprint density at radius 2 is 2.19 bits per heavy atom. The van der Waals surface area contributed by atoms with Crippen LogP contribution in [-0.4, -0.2) is 18.6 Å². The van der Waals surface area contributed by atoms with Crippen molar-refractivity contribution >= 4 is 11.6 Å². The summed E-state index contributed by atoms with van der Waals surface area (Å²) in [6, 6.07) is 5.93. The minimum atomic E-state index is -0.262. The lowest BCUT2D eigenvalue weighted by molar-refractivity contribution is -0.124. The first-order chi connectivity index (χ1) is 7.66. The van der Waals surface area contributed by atoms with Gasteiger partial charge in [0.25, 0.3) is 5.91 Å². The van der Waals surface area contributed by atoms with Crippen molar-refractivity contribution in [3.63, 3.8) is 0 Å². The summed E-state index contributed by atoms with van der Waals surface area (Å²) in [6.45, 7) is 4.79. The van der Waals surface area contributed by atoms with Crippen LogP contribution in [0, 0.1) is 13.8 Å². The van der Waals surface area contributed by atoms with Gasteiger partial charge in [0.2, 0.25) is 0 Å². The molecule has 86 valence electrons. The zero-order valence-electron chi connectivity index (χ0n) is 9.75. The van der Waals surface area contributed by atoms with Gasteiger partial charge in [-0.15, -0.1) is 0 Å². The highest BCUT2D eigenvalue weighted by Crippen LogP contribution is 2.17. The van der Waals surface area contributed by atoms with Crippen LogP contribution in [-0.2, 0) is 9.53 Å². The zero-order valence-corrected chi connectivity index (χ0v) is 9.75. The Kier molecular flexibility index (Phi) is 3.25. The molecule has 3 nitrogen and oxygen atoms in total. The van der Waals surface area contributed by atoms with Crippen LogP contribution >= 0.6 is 0 Å². The van der Waals surface area contributed by atoms with Gasteiger partial charge in [-0.1, -0.05) is 6.07 Å². The van der Waals surface area contributed by atoms with E-state index in [0.717, 1.165) is 18.5 Å². The molecule has 1 aliphatic heterocycles. The number of ether oxygens (including phenoxy) is 1. The molecule has 0 spiro atoms. The first-order valence-corrected chi connectivity index (χ1v) is 5.66. The minimum Gasteiger partial charge on any atom is -0.368 e. The Balaban J connectivity index is 2.02. The smallest absolute Gasteiger partial charge is 0.253 e. The lowest BCUT2D eigenvalue weighted by Gasteiger charge is -2.11. The Hall–Kier alpha value is -1.35. The van der Waals surface area contributed by atoms with E-state index in [1.54, 1.807) is 0 Å². The molecule has 2 rings (SSSR count). The molecule has 0 aliphatic carbocycles. The number of hydrogen-bond acceptors (Lipinski definition) is 2. The van der Waals surface area contributed by atoms with Crippen LogP contribution in [0.5, 0.6) is 0 Å². The van der Waals surface area contributed by atoms with Crippen LogP contribution in [0.25, 0.3) is 0 Å². The van der Waals surface area contributed by atoms with E-state index >= 15 is 0 Å². The monoisotopic (exact) mass is 219 g/mol. The molecule has 1 aliphatic rings. The molecule has 1 saturated heterocycles. The fraction of sp³-hybridized carbons (Fsp3) is 0.462. The number of rotatable bonds is 2. The van der Waals surface area contributed by atoms with Gasteiger partial charge in [-0.2, -0.15) is 0 Å². The summed E-state index contributed by atoms with van der Waals surface area (Å²) in [7, 11) is 0. The van der Waals surface area contributed by atoms with Gasteiger partial charge in [0.15, 0.2) is 0 Å². The van der Waals surface area contributed by atoms with Crippen LogP contribution in [0.2, 0.25) is 0 Å². The number of aryl methyl sites for hydroxylation is 2. The van der Waals surface area contributed by atoms with Crippen molar-refractivity contribution < 1.29 is 9.53 Å². The topological polar surface area (TPSA) is 38.3 Å². The maximum Gasteiger partial charge on any atom is 0.253 e. The van der Waals surface area contributed by atoms with Crippen molar-refractivity contribution in [2.75, 3.05) is 11.9 Å². The molecular formula is C13H17NO2. The van der Waals surface area contributed by atoms with E-state index < -0.39 is 0 Å². The zero-order chi connectivity index (χ0) is 11.5. The summed E-state index contributed by atoms with van der Waals surface area (Å²) in [5.41, 5.74) is 3.27. The van der Waals surface area contributed by atoms with Gasteiger partial charge in [0.05, 0.1) is 0 Å². The average Bonchev–Trinajstić information content (AvgIpc) is 2.77. The van der Waals surface area contributed by atoms with Gasteiger partial charge in [-0.05, 0) is 49.9 Å². The molecule has 0 radical (unpaired) electrons. The van der Waals surface area contributed by atoms with E-state index in [1.807, 2.05) is 25.1 Å². The summed E-state index contributed by atoms with van der Waals surface area (Å²) in [4.78, 5) is 11.8. The van der Waals surface area contributed by atoms with Crippen LogP contribution < -0.4 is 5.32 Å². The van der Waals surface area contributed by atoms with Crippen molar-refractivity contribution in [2.24, 2.45) is 0 Å². The van der Waals surface area contributed by atoms with Gasteiger partial charge in [-0.3, -0.25) is 4.79 Å². The standard InChI is InChI=1S/C13H17NO2/c1-9-5-6-11(8-10(9)2)14-13(15)12-4-3-7-16-12/h5-6,8,12H,3-4,7H2,1-2H3,(H,14,15). The Morgan fingerprint density at radius 1 is 1.38 bits per heavy atom. The quantitative estimate of drug-likeness (QED) is 0.829. The van der Waals surface area contributed by atoms with E-state index in [2.05, 4.69) is 12.2 Å². The lowest BCUT2D eigenvalue weighted by Crippen LogP contribution is -2.26. The highest BCUT2D eigenvalue weighted by molar-refractivity contribution is 5.94. The number of anilines is 1. The number of hydrogen-bond donors (Lipinski definition) is 1. The summed E-state index contributed by atoms with van der Waals surface area (Å²) in [6.07, 6.45) is 1.54. The first kappa shape index (κ1) is 11.1. The predicted molar refractivity (Wildman–Crippen MR) is 63.5 cm³/mol. The predicted octanol–water partition coefficient (Wildman–Crippen LogP) is 2.42. The molecule has 1 aromatic carbocycles. The van der Waals surface area contributed by atoms with E-state index in [0.29, 0.717) is 6.61 Å². The molecule has 1 unspecified atom stereocenters. The second-order valence-corrected chi connectivity index (χ2v) is 4.29. The second kappa shape index (κ2) is 4.66. The highest BCUT2D eigenvalue weighted by Gasteiger charge is 2.23. The summed E-state index contributed by atoms with van der Waals surface area (Å²) in [5, 5.41) is 2.89. The maximum absolute atomic E-state index is 11.8. The van der Waals surface area contributed by atoms with E-state index in [1.165, 1.54) is 11.1 Å². The average molecular weight is 219 g/mol. The number of amides is 1. The summed E-state index contributed by atoms with van der Waals surface area (Å²) < 4.78 is 5.33. The molecule has 1 fully saturated rings. The number of nitrogens with one attached hydrogen (secondary N) is 1. The van der Waals surface area contributed by atoms with Crippen LogP contribution in [0.3, 0.4) is 0 Å². The van der Waals surface area contributed by atoms with Crippen LogP contribution in [0.4, 0.5) is 5.69 Å². The molecule has 1 atom stereocenters. The Labute approximate surface area is 95.8 Å². The molecule has 0 bridgehead atoms. The van der Waals surface area contributed by atoms with Gasteiger partial charge in [-0.25, -0.2) is 0 Å². The molecule has 3 heteroatoms. The van der Waals surface area contributed by atoms with Gasteiger partial charge < -0.3 is 10.1 Å².